The molecule has 1 saturated heterocycles. The van der Waals surface area contributed by atoms with Gasteiger partial charge in [0.2, 0.25) is 0 Å². The minimum absolute atomic E-state index is 0.678. The summed E-state index contributed by atoms with van der Waals surface area (Å²) in [6, 6.07) is 19.4. The lowest BCUT2D eigenvalue weighted by molar-refractivity contribution is 0.249. The first-order valence-corrected chi connectivity index (χ1v) is 15.2. The largest absolute Gasteiger partial charge is 0.371 e. The number of hydrogen-bond acceptors (Lipinski definition) is 5. The fourth-order valence-corrected chi connectivity index (χ4v) is 6.42. The van der Waals surface area contributed by atoms with Gasteiger partial charge in [0.1, 0.15) is 12.8 Å². The van der Waals surface area contributed by atoms with Crippen LogP contribution in [0.15, 0.2) is 60.8 Å². The van der Waals surface area contributed by atoms with E-state index in [0.29, 0.717) is 6.04 Å². The quantitative estimate of drug-likeness (QED) is 0.315. The number of piperidine rings is 1. The van der Waals surface area contributed by atoms with Gasteiger partial charge in [0.15, 0.2) is 0 Å². The van der Waals surface area contributed by atoms with Gasteiger partial charge in [0, 0.05) is 58.7 Å². The standard InChI is InChI=1S/C29H36N5OP/c1-20-18-22(34-16-13-21(14-17-34)33(2)3)10-11-23(20)27-19-24-25(12-15-30-29(24)32-27)31-26-8-6-7-9-28(26)36(4,5)35/h6-12,15,18-19,21H,13-14,16-17H2,1-5H3,(H2,30,31,32). The van der Waals surface area contributed by atoms with Crippen LogP contribution in [-0.2, 0) is 4.57 Å². The minimum Gasteiger partial charge on any atom is -0.371 e. The van der Waals surface area contributed by atoms with Gasteiger partial charge in [-0.15, -0.1) is 0 Å². The van der Waals surface area contributed by atoms with E-state index in [1.54, 1.807) is 19.5 Å². The van der Waals surface area contributed by atoms with Gasteiger partial charge < -0.3 is 24.7 Å². The molecule has 188 valence electrons. The van der Waals surface area contributed by atoms with Gasteiger partial charge in [-0.3, -0.25) is 0 Å². The number of nitrogens with zero attached hydrogens (tertiary/aromatic N) is 3. The molecule has 0 saturated carbocycles. The third-order valence-electron chi connectivity index (χ3n) is 7.35. The second-order valence-electron chi connectivity index (χ2n) is 10.5. The van der Waals surface area contributed by atoms with Crippen molar-refractivity contribution in [3.63, 3.8) is 0 Å². The zero-order valence-electron chi connectivity index (χ0n) is 21.9. The van der Waals surface area contributed by atoms with Crippen molar-refractivity contribution in [3.8, 4) is 11.3 Å². The number of rotatable bonds is 6. The lowest BCUT2D eigenvalue weighted by Gasteiger charge is -2.36. The van der Waals surface area contributed by atoms with E-state index < -0.39 is 7.14 Å². The van der Waals surface area contributed by atoms with E-state index in [1.807, 2.05) is 30.3 Å². The Morgan fingerprint density at radius 1 is 1.03 bits per heavy atom. The van der Waals surface area contributed by atoms with E-state index in [4.69, 9.17) is 0 Å². The molecule has 2 aromatic carbocycles. The molecule has 1 fully saturated rings. The van der Waals surface area contributed by atoms with Crippen molar-refractivity contribution in [2.75, 3.05) is 50.7 Å². The van der Waals surface area contributed by atoms with Crippen LogP contribution in [0.25, 0.3) is 22.3 Å². The lowest BCUT2D eigenvalue weighted by Crippen LogP contribution is -2.42. The number of aryl methyl sites for hydroxylation is 1. The van der Waals surface area contributed by atoms with E-state index in [1.165, 1.54) is 29.7 Å². The third kappa shape index (κ3) is 4.93. The van der Waals surface area contributed by atoms with E-state index in [2.05, 4.69) is 70.4 Å². The van der Waals surface area contributed by atoms with Crippen molar-refractivity contribution in [1.29, 1.82) is 0 Å². The van der Waals surface area contributed by atoms with Crippen LogP contribution in [-0.4, -0.2) is 61.4 Å². The summed E-state index contributed by atoms with van der Waals surface area (Å²) in [5.41, 5.74) is 7.42. The van der Waals surface area contributed by atoms with Crippen molar-refractivity contribution >= 4 is 40.5 Å². The maximum absolute atomic E-state index is 12.8. The summed E-state index contributed by atoms with van der Waals surface area (Å²) in [6.07, 6.45) is 4.20. The summed E-state index contributed by atoms with van der Waals surface area (Å²) in [5, 5.41) is 5.39. The number of aromatic nitrogens is 2. The average Bonchev–Trinajstić information content (AvgIpc) is 3.29. The highest BCUT2D eigenvalue weighted by Crippen LogP contribution is 2.39. The van der Waals surface area contributed by atoms with Gasteiger partial charge in [-0.1, -0.05) is 18.2 Å². The molecule has 0 amide bonds. The number of fused-ring (bicyclic) bond motifs is 1. The molecule has 3 heterocycles. The molecule has 1 aliphatic heterocycles. The number of benzene rings is 2. The topological polar surface area (TPSA) is 64.3 Å². The Balaban J connectivity index is 1.43. The van der Waals surface area contributed by atoms with Crippen LogP contribution in [0.4, 0.5) is 17.1 Å². The van der Waals surface area contributed by atoms with Gasteiger partial charge >= 0.3 is 0 Å². The van der Waals surface area contributed by atoms with E-state index in [9.17, 15) is 4.57 Å². The second-order valence-corrected chi connectivity index (χ2v) is 13.7. The van der Waals surface area contributed by atoms with Crippen LogP contribution >= 0.6 is 7.14 Å². The Morgan fingerprint density at radius 2 is 1.78 bits per heavy atom. The normalized spacial score (nSPS) is 15.1. The van der Waals surface area contributed by atoms with Crippen LogP contribution in [0.2, 0.25) is 0 Å². The Bertz CT molecular complexity index is 1430. The maximum Gasteiger partial charge on any atom is 0.139 e. The molecule has 2 aromatic heterocycles. The van der Waals surface area contributed by atoms with Crippen LogP contribution < -0.4 is 15.5 Å². The first-order chi connectivity index (χ1) is 17.2. The highest BCUT2D eigenvalue weighted by molar-refractivity contribution is 7.70. The number of hydrogen-bond donors (Lipinski definition) is 2. The number of anilines is 3. The van der Waals surface area contributed by atoms with Gasteiger partial charge in [-0.25, -0.2) is 4.98 Å². The summed E-state index contributed by atoms with van der Waals surface area (Å²) >= 11 is 0. The molecule has 0 radical (unpaired) electrons. The predicted octanol–water partition coefficient (Wildman–Crippen LogP) is 6.06. The summed E-state index contributed by atoms with van der Waals surface area (Å²) in [5.74, 6) is 0. The number of H-pyrrole nitrogens is 1. The zero-order valence-corrected chi connectivity index (χ0v) is 22.8. The fourth-order valence-electron chi connectivity index (χ4n) is 5.26. The molecule has 7 heteroatoms. The number of para-hydroxylation sites is 1. The summed E-state index contributed by atoms with van der Waals surface area (Å²) < 4.78 is 12.8. The molecular weight excluding hydrogens is 465 g/mol. The highest BCUT2D eigenvalue weighted by atomic mass is 31.2. The molecule has 6 nitrogen and oxygen atoms in total. The van der Waals surface area contributed by atoms with E-state index >= 15 is 0 Å². The Morgan fingerprint density at radius 3 is 2.47 bits per heavy atom. The molecule has 0 unspecified atom stereocenters. The first kappa shape index (κ1) is 24.6. The van der Waals surface area contributed by atoms with Gasteiger partial charge in [0.25, 0.3) is 0 Å². The molecule has 1 aliphatic rings. The monoisotopic (exact) mass is 501 g/mol. The molecule has 0 aliphatic carbocycles. The molecule has 0 bridgehead atoms. The number of pyridine rings is 1. The van der Waals surface area contributed by atoms with Crippen molar-refractivity contribution in [1.82, 2.24) is 14.9 Å². The van der Waals surface area contributed by atoms with Crippen molar-refractivity contribution < 1.29 is 4.57 Å². The summed E-state index contributed by atoms with van der Waals surface area (Å²) in [6.45, 7) is 7.98. The first-order valence-electron chi connectivity index (χ1n) is 12.6. The van der Waals surface area contributed by atoms with Gasteiger partial charge in [-0.05, 0) is 89.2 Å². The number of nitrogens with one attached hydrogen (secondary N) is 2. The van der Waals surface area contributed by atoms with Gasteiger partial charge in [-0.2, -0.15) is 0 Å². The Kier molecular flexibility index (Phi) is 6.67. The van der Waals surface area contributed by atoms with Crippen LogP contribution in [0.3, 0.4) is 0 Å². The fraction of sp³-hybridized carbons (Fsp3) is 0.345. The van der Waals surface area contributed by atoms with Crippen LogP contribution in [0.5, 0.6) is 0 Å². The van der Waals surface area contributed by atoms with E-state index in [-0.39, 0.29) is 0 Å². The average molecular weight is 502 g/mol. The Hall–Kier alpha value is -3.08. The SMILES string of the molecule is Cc1cc(N2CCC(N(C)C)CC2)ccc1-c1cc2c(Nc3ccccc3P(C)(C)=O)ccnc2[nH]1. The maximum atomic E-state index is 12.8. The molecule has 36 heavy (non-hydrogen) atoms. The van der Waals surface area contributed by atoms with Crippen molar-refractivity contribution in [2.24, 2.45) is 0 Å². The molecule has 0 atom stereocenters. The third-order valence-corrected chi connectivity index (χ3v) is 8.90. The Labute approximate surface area is 214 Å². The number of aromatic amines is 1. The molecule has 4 aromatic rings. The van der Waals surface area contributed by atoms with Crippen molar-refractivity contribution in [2.45, 2.75) is 25.8 Å². The predicted molar refractivity (Wildman–Crippen MR) is 154 cm³/mol. The lowest BCUT2D eigenvalue weighted by atomic mass is 10.0. The summed E-state index contributed by atoms with van der Waals surface area (Å²) in [4.78, 5) is 12.9. The van der Waals surface area contributed by atoms with Gasteiger partial charge in [0.05, 0.1) is 5.69 Å². The smallest absolute Gasteiger partial charge is 0.139 e. The molecule has 2 N–H and O–H groups in total. The van der Waals surface area contributed by atoms with Crippen LogP contribution in [0.1, 0.15) is 18.4 Å². The summed E-state index contributed by atoms with van der Waals surface area (Å²) in [7, 11) is 1.94. The second kappa shape index (κ2) is 9.76. The van der Waals surface area contributed by atoms with E-state index in [0.717, 1.165) is 46.5 Å². The highest BCUT2D eigenvalue weighted by Gasteiger charge is 2.21. The zero-order chi connectivity index (χ0) is 25.4. The minimum atomic E-state index is -2.42. The molecule has 5 rings (SSSR count). The molecule has 0 spiro atoms. The van der Waals surface area contributed by atoms with Crippen LogP contribution in [0, 0.1) is 6.92 Å². The van der Waals surface area contributed by atoms with Crippen molar-refractivity contribution in [3.05, 3.63) is 66.4 Å². The molecular formula is C29H36N5OP.